The van der Waals surface area contributed by atoms with Crippen LogP contribution in [0.15, 0.2) is 66.7 Å². The van der Waals surface area contributed by atoms with Gasteiger partial charge in [0, 0.05) is 45.5 Å². The Morgan fingerprint density at radius 2 is 1.32 bits per heavy atom. The SMILES string of the molecule is CCOc1ccc(C(c2ccc(N(C)C)cc2)c2ccc(N(C)C)cc2)c(C(=O)O)c1. The molecule has 31 heavy (non-hydrogen) atoms. The largest absolute Gasteiger partial charge is 0.494 e. The van der Waals surface area contributed by atoms with Crippen molar-refractivity contribution in [3.63, 3.8) is 0 Å². The summed E-state index contributed by atoms with van der Waals surface area (Å²) in [4.78, 5) is 16.3. The fraction of sp³-hybridized carbons (Fsp3) is 0.269. The van der Waals surface area contributed by atoms with E-state index in [0.717, 1.165) is 28.1 Å². The molecule has 0 heterocycles. The number of hydrogen-bond acceptors (Lipinski definition) is 4. The molecule has 3 aromatic carbocycles. The standard InChI is InChI=1S/C26H30N2O3/c1-6-31-22-15-16-23(24(17-22)26(29)30)25(18-7-11-20(12-8-18)27(2)3)19-9-13-21(14-10-19)28(4)5/h7-17,25H,6H2,1-5H3,(H,29,30). The van der Waals surface area contributed by atoms with Crippen LogP contribution in [0.25, 0.3) is 0 Å². The number of nitrogens with zero attached hydrogens (tertiary/aromatic N) is 2. The maximum atomic E-state index is 12.2. The molecule has 0 saturated heterocycles. The molecule has 0 aliphatic rings. The predicted molar refractivity (Wildman–Crippen MR) is 127 cm³/mol. The number of carboxylic acids is 1. The molecule has 3 rings (SSSR count). The Kier molecular flexibility index (Phi) is 6.85. The van der Waals surface area contributed by atoms with Crippen LogP contribution in [-0.2, 0) is 0 Å². The molecule has 0 aromatic heterocycles. The van der Waals surface area contributed by atoms with Crippen molar-refractivity contribution in [3.8, 4) is 5.75 Å². The average molecular weight is 419 g/mol. The third-order valence-electron chi connectivity index (χ3n) is 5.36. The molecule has 5 nitrogen and oxygen atoms in total. The maximum Gasteiger partial charge on any atom is 0.336 e. The molecular formula is C26H30N2O3. The fourth-order valence-electron chi connectivity index (χ4n) is 3.71. The minimum atomic E-state index is -0.962. The van der Waals surface area contributed by atoms with Crippen molar-refractivity contribution in [1.82, 2.24) is 0 Å². The number of benzene rings is 3. The number of rotatable bonds is 8. The molecule has 0 amide bonds. The van der Waals surface area contributed by atoms with Gasteiger partial charge in [0.2, 0.25) is 0 Å². The van der Waals surface area contributed by atoms with Gasteiger partial charge in [-0.1, -0.05) is 30.3 Å². The molecule has 0 bridgehead atoms. The molecule has 0 saturated carbocycles. The maximum absolute atomic E-state index is 12.2. The Morgan fingerprint density at radius 1 is 0.839 bits per heavy atom. The number of hydrogen-bond donors (Lipinski definition) is 1. The highest BCUT2D eigenvalue weighted by Crippen LogP contribution is 2.36. The van der Waals surface area contributed by atoms with E-state index >= 15 is 0 Å². The molecule has 0 unspecified atom stereocenters. The zero-order chi connectivity index (χ0) is 22.5. The lowest BCUT2D eigenvalue weighted by Crippen LogP contribution is -2.13. The van der Waals surface area contributed by atoms with Gasteiger partial charge < -0.3 is 19.6 Å². The number of anilines is 2. The first-order chi connectivity index (χ1) is 14.8. The first kappa shape index (κ1) is 22.2. The van der Waals surface area contributed by atoms with E-state index in [9.17, 15) is 9.90 Å². The van der Waals surface area contributed by atoms with Gasteiger partial charge in [0.05, 0.1) is 12.2 Å². The first-order valence-corrected chi connectivity index (χ1v) is 10.4. The molecule has 0 atom stereocenters. The van der Waals surface area contributed by atoms with E-state index in [2.05, 4.69) is 48.5 Å². The van der Waals surface area contributed by atoms with Crippen molar-refractivity contribution in [2.45, 2.75) is 12.8 Å². The van der Waals surface area contributed by atoms with E-state index in [4.69, 9.17) is 4.74 Å². The molecule has 0 radical (unpaired) electrons. The van der Waals surface area contributed by atoms with Crippen molar-refractivity contribution < 1.29 is 14.6 Å². The van der Waals surface area contributed by atoms with Crippen molar-refractivity contribution in [2.24, 2.45) is 0 Å². The normalized spacial score (nSPS) is 10.8. The third-order valence-corrected chi connectivity index (χ3v) is 5.36. The number of carboxylic acid groups (broad SMARTS) is 1. The van der Waals surface area contributed by atoms with Crippen molar-refractivity contribution in [3.05, 3.63) is 89.0 Å². The minimum Gasteiger partial charge on any atom is -0.494 e. The number of carbonyl (C=O) groups is 1. The van der Waals surface area contributed by atoms with Gasteiger partial charge in [-0.05, 0) is 60.0 Å². The average Bonchev–Trinajstić information content (AvgIpc) is 2.75. The van der Waals surface area contributed by atoms with Crippen LogP contribution < -0.4 is 14.5 Å². The van der Waals surface area contributed by atoms with Gasteiger partial charge >= 0.3 is 5.97 Å². The van der Waals surface area contributed by atoms with Crippen LogP contribution in [0.2, 0.25) is 0 Å². The van der Waals surface area contributed by atoms with E-state index in [-0.39, 0.29) is 11.5 Å². The summed E-state index contributed by atoms with van der Waals surface area (Å²) >= 11 is 0. The second-order valence-corrected chi connectivity index (χ2v) is 7.89. The Labute approximate surface area is 184 Å². The molecule has 0 aliphatic heterocycles. The van der Waals surface area contributed by atoms with Crippen molar-refractivity contribution in [1.29, 1.82) is 0 Å². The first-order valence-electron chi connectivity index (χ1n) is 10.4. The van der Waals surface area contributed by atoms with Gasteiger partial charge in [-0.3, -0.25) is 0 Å². The molecule has 3 aromatic rings. The van der Waals surface area contributed by atoms with E-state index < -0.39 is 5.97 Å². The topological polar surface area (TPSA) is 53.0 Å². The van der Waals surface area contributed by atoms with Gasteiger partial charge in [0.15, 0.2) is 0 Å². The van der Waals surface area contributed by atoms with E-state index in [1.165, 1.54) is 0 Å². The highest BCUT2D eigenvalue weighted by Gasteiger charge is 2.23. The Morgan fingerprint density at radius 3 is 1.71 bits per heavy atom. The number of aromatic carboxylic acids is 1. The zero-order valence-electron chi connectivity index (χ0n) is 18.8. The van der Waals surface area contributed by atoms with Crippen molar-refractivity contribution >= 4 is 17.3 Å². The zero-order valence-corrected chi connectivity index (χ0v) is 18.8. The second-order valence-electron chi connectivity index (χ2n) is 7.89. The summed E-state index contributed by atoms with van der Waals surface area (Å²) in [5, 5.41) is 9.97. The lowest BCUT2D eigenvalue weighted by molar-refractivity contribution is 0.0695. The molecule has 162 valence electrons. The van der Waals surface area contributed by atoms with Gasteiger partial charge in [0.1, 0.15) is 5.75 Å². The summed E-state index contributed by atoms with van der Waals surface area (Å²) in [6.07, 6.45) is 0. The molecule has 0 spiro atoms. The molecule has 0 aliphatic carbocycles. The molecular weight excluding hydrogens is 388 g/mol. The Bertz CT molecular complexity index is 974. The van der Waals surface area contributed by atoms with Crippen LogP contribution in [0.5, 0.6) is 5.75 Å². The quantitative estimate of drug-likeness (QED) is 0.516. The van der Waals surface area contributed by atoms with E-state index in [1.807, 2.05) is 57.0 Å². The molecule has 1 N–H and O–H groups in total. The highest BCUT2D eigenvalue weighted by molar-refractivity contribution is 5.90. The summed E-state index contributed by atoms with van der Waals surface area (Å²) in [7, 11) is 8.01. The summed E-state index contributed by atoms with van der Waals surface area (Å²) in [5.74, 6) is -0.612. The minimum absolute atomic E-state index is 0.214. The fourth-order valence-corrected chi connectivity index (χ4v) is 3.71. The van der Waals surface area contributed by atoms with Gasteiger partial charge in [-0.15, -0.1) is 0 Å². The van der Waals surface area contributed by atoms with E-state index in [1.54, 1.807) is 6.07 Å². The highest BCUT2D eigenvalue weighted by atomic mass is 16.5. The Balaban J connectivity index is 2.17. The van der Waals surface area contributed by atoms with Crippen LogP contribution >= 0.6 is 0 Å². The third kappa shape index (κ3) is 5.00. The van der Waals surface area contributed by atoms with E-state index in [0.29, 0.717) is 12.4 Å². The summed E-state index contributed by atoms with van der Waals surface area (Å²) in [6.45, 7) is 2.37. The van der Waals surface area contributed by atoms with Crippen LogP contribution in [0.1, 0.15) is 39.9 Å². The summed E-state index contributed by atoms with van der Waals surface area (Å²) in [6, 6.07) is 21.9. The van der Waals surface area contributed by atoms with Gasteiger partial charge in [-0.2, -0.15) is 0 Å². The van der Waals surface area contributed by atoms with Crippen LogP contribution in [-0.4, -0.2) is 45.9 Å². The lowest BCUT2D eigenvalue weighted by Gasteiger charge is -2.23. The monoisotopic (exact) mass is 418 g/mol. The lowest BCUT2D eigenvalue weighted by atomic mass is 9.82. The summed E-state index contributed by atoms with van der Waals surface area (Å²) in [5.41, 5.74) is 5.26. The predicted octanol–water partition coefficient (Wildman–Crippen LogP) is 5.10. The number of ether oxygens (including phenoxy) is 1. The molecule has 5 heteroatoms. The molecule has 0 fully saturated rings. The van der Waals surface area contributed by atoms with Crippen LogP contribution in [0.3, 0.4) is 0 Å². The van der Waals surface area contributed by atoms with Gasteiger partial charge in [-0.25, -0.2) is 4.79 Å². The van der Waals surface area contributed by atoms with Crippen LogP contribution in [0.4, 0.5) is 11.4 Å². The summed E-state index contributed by atoms with van der Waals surface area (Å²) < 4.78 is 5.55. The van der Waals surface area contributed by atoms with Gasteiger partial charge in [0.25, 0.3) is 0 Å². The smallest absolute Gasteiger partial charge is 0.336 e. The Hall–Kier alpha value is -3.47. The van der Waals surface area contributed by atoms with Crippen LogP contribution in [0, 0.1) is 0 Å². The van der Waals surface area contributed by atoms with Crippen molar-refractivity contribution in [2.75, 3.05) is 44.6 Å². The second kappa shape index (κ2) is 9.56.